The molecule has 0 bridgehead atoms. The summed E-state index contributed by atoms with van der Waals surface area (Å²) in [5, 5.41) is 3.50. The van der Waals surface area contributed by atoms with Crippen LogP contribution in [0, 0.1) is 0 Å². The van der Waals surface area contributed by atoms with Crippen LogP contribution in [0.15, 0.2) is 85.2 Å². The lowest BCUT2D eigenvalue weighted by Gasteiger charge is -2.36. The summed E-state index contributed by atoms with van der Waals surface area (Å²) < 4.78 is 6.42. The van der Waals surface area contributed by atoms with E-state index in [4.69, 9.17) is 4.74 Å². The van der Waals surface area contributed by atoms with Gasteiger partial charge in [0, 0.05) is 44.6 Å². The molecule has 1 saturated heterocycles. The molecule has 4 rings (SSSR count). The molecular formula is C24H28ClN3O. The SMILES string of the molecule is Cl.c1ccc(C(OCCN2CCNCC2c2cccnc2)c2ccccc2)cc1. The zero-order valence-corrected chi connectivity index (χ0v) is 17.3. The molecular weight excluding hydrogens is 382 g/mol. The van der Waals surface area contributed by atoms with E-state index in [1.807, 2.05) is 30.6 Å². The van der Waals surface area contributed by atoms with E-state index in [1.54, 1.807) is 0 Å². The Kier molecular flexibility index (Phi) is 8.20. The fourth-order valence-corrected chi connectivity index (χ4v) is 3.84. The number of rotatable bonds is 7. The molecule has 2 heterocycles. The van der Waals surface area contributed by atoms with Crippen molar-refractivity contribution in [3.8, 4) is 0 Å². The van der Waals surface area contributed by atoms with Crippen molar-refractivity contribution >= 4 is 12.4 Å². The van der Waals surface area contributed by atoms with Crippen LogP contribution < -0.4 is 5.32 Å². The first-order valence-electron chi connectivity index (χ1n) is 9.98. The zero-order valence-electron chi connectivity index (χ0n) is 16.5. The maximum Gasteiger partial charge on any atom is 0.108 e. The van der Waals surface area contributed by atoms with Crippen molar-refractivity contribution in [2.75, 3.05) is 32.8 Å². The van der Waals surface area contributed by atoms with Crippen LogP contribution in [0.1, 0.15) is 28.8 Å². The van der Waals surface area contributed by atoms with Gasteiger partial charge in [-0.05, 0) is 22.8 Å². The molecule has 0 aliphatic carbocycles. The van der Waals surface area contributed by atoms with E-state index in [-0.39, 0.29) is 18.5 Å². The number of halogens is 1. The van der Waals surface area contributed by atoms with Crippen molar-refractivity contribution < 1.29 is 4.74 Å². The molecule has 0 spiro atoms. The van der Waals surface area contributed by atoms with Crippen LogP contribution in [0.2, 0.25) is 0 Å². The highest BCUT2D eigenvalue weighted by Crippen LogP contribution is 2.26. The molecule has 3 aromatic rings. The zero-order chi connectivity index (χ0) is 19.0. The van der Waals surface area contributed by atoms with E-state index < -0.39 is 0 Å². The Hall–Kier alpha value is -2.24. The van der Waals surface area contributed by atoms with Gasteiger partial charge in [0.15, 0.2) is 0 Å². The molecule has 1 aliphatic heterocycles. The fraction of sp³-hybridized carbons (Fsp3) is 0.292. The van der Waals surface area contributed by atoms with Crippen molar-refractivity contribution in [1.82, 2.24) is 15.2 Å². The van der Waals surface area contributed by atoms with Crippen molar-refractivity contribution in [2.45, 2.75) is 12.1 Å². The summed E-state index contributed by atoms with van der Waals surface area (Å²) in [4.78, 5) is 6.80. The van der Waals surface area contributed by atoms with Crippen molar-refractivity contribution in [2.24, 2.45) is 0 Å². The third-order valence-corrected chi connectivity index (χ3v) is 5.29. The summed E-state index contributed by atoms with van der Waals surface area (Å²) in [5.41, 5.74) is 3.65. The van der Waals surface area contributed by atoms with Crippen molar-refractivity contribution in [1.29, 1.82) is 0 Å². The Morgan fingerprint density at radius 1 is 0.966 bits per heavy atom. The van der Waals surface area contributed by atoms with Gasteiger partial charge in [-0.2, -0.15) is 0 Å². The Morgan fingerprint density at radius 2 is 1.66 bits per heavy atom. The number of piperazine rings is 1. The maximum atomic E-state index is 6.42. The molecule has 1 unspecified atom stereocenters. The van der Waals surface area contributed by atoms with Crippen LogP contribution in [-0.4, -0.2) is 42.7 Å². The average molecular weight is 410 g/mol. The van der Waals surface area contributed by atoms with Gasteiger partial charge in [-0.25, -0.2) is 0 Å². The summed E-state index contributed by atoms with van der Waals surface area (Å²) in [6, 6.07) is 25.5. The summed E-state index contributed by atoms with van der Waals surface area (Å²) in [6.45, 7) is 4.57. The van der Waals surface area contributed by atoms with Crippen LogP contribution in [-0.2, 0) is 4.74 Å². The first-order valence-corrected chi connectivity index (χ1v) is 9.98. The molecule has 1 N–H and O–H groups in total. The Labute approximate surface area is 179 Å². The van der Waals surface area contributed by atoms with Gasteiger partial charge in [0.2, 0.25) is 0 Å². The van der Waals surface area contributed by atoms with Crippen molar-refractivity contribution in [3.05, 3.63) is 102 Å². The molecule has 1 fully saturated rings. The van der Waals surface area contributed by atoms with Gasteiger partial charge in [0.1, 0.15) is 6.10 Å². The van der Waals surface area contributed by atoms with Crippen LogP contribution in [0.25, 0.3) is 0 Å². The molecule has 29 heavy (non-hydrogen) atoms. The molecule has 2 aromatic carbocycles. The van der Waals surface area contributed by atoms with Gasteiger partial charge in [0.05, 0.1) is 6.61 Å². The molecule has 0 amide bonds. The fourth-order valence-electron chi connectivity index (χ4n) is 3.84. The lowest BCUT2D eigenvalue weighted by molar-refractivity contribution is 0.0434. The first kappa shape index (κ1) is 21.5. The van der Waals surface area contributed by atoms with E-state index in [2.05, 4.69) is 69.8 Å². The molecule has 1 atom stereocenters. The molecule has 1 aromatic heterocycles. The number of hydrogen-bond donors (Lipinski definition) is 1. The van der Waals surface area contributed by atoms with Gasteiger partial charge in [-0.3, -0.25) is 9.88 Å². The number of ether oxygens (including phenoxy) is 1. The van der Waals surface area contributed by atoms with Crippen LogP contribution in [0.5, 0.6) is 0 Å². The van der Waals surface area contributed by atoms with Gasteiger partial charge in [-0.1, -0.05) is 66.7 Å². The normalized spacial score (nSPS) is 17.1. The molecule has 0 saturated carbocycles. The second-order valence-electron chi connectivity index (χ2n) is 7.11. The quantitative estimate of drug-likeness (QED) is 0.632. The van der Waals surface area contributed by atoms with Crippen LogP contribution >= 0.6 is 12.4 Å². The average Bonchev–Trinajstić information content (AvgIpc) is 2.79. The summed E-state index contributed by atoms with van der Waals surface area (Å²) in [5.74, 6) is 0. The lowest BCUT2D eigenvalue weighted by atomic mass is 10.0. The maximum absolute atomic E-state index is 6.42. The van der Waals surface area contributed by atoms with E-state index in [0.29, 0.717) is 12.6 Å². The third kappa shape index (κ3) is 5.64. The Morgan fingerprint density at radius 3 is 2.28 bits per heavy atom. The Bertz CT molecular complexity index is 793. The van der Waals surface area contributed by atoms with E-state index in [0.717, 1.165) is 26.2 Å². The summed E-state index contributed by atoms with van der Waals surface area (Å²) in [6.07, 6.45) is 3.77. The highest BCUT2D eigenvalue weighted by Gasteiger charge is 2.24. The predicted octanol–water partition coefficient (Wildman–Crippen LogP) is 4.26. The van der Waals surface area contributed by atoms with Crippen LogP contribution in [0.3, 0.4) is 0 Å². The molecule has 5 heteroatoms. The second kappa shape index (κ2) is 11.1. The third-order valence-electron chi connectivity index (χ3n) is 5.29. The van der Waals surface area contributed by atoms with Gasteiger partial charge >= 0.3 is 0 Å². The largest absolute Gasteiger partial charge is 0.367 e. The number of nitrogens with zero attached hydrogens (tertiary/aromatic N) is 2. The first-order chi connectivity index (χ1) is 13.9. The highest BCUT2D eigenvalue weighted by atomic mass is 35.5. The van der Waals surface area contributed by atoms with Gasteiger partial charge < -0.3 is 10.1 Å². The molecule has 152 valence electrons. The standard InChI is InChI=1S/C24H27N3O.ClH/c1-3-8-20(9-4-1)24(21-10-5-2-6-11-21)28-17-16-27-15-14-26-19-23(27)22-12-7-13-25-18-22;/h1-13,18,23-24,26H,14-17,19H2;1H. The summed E-state index contributed by atoms with van der Waals surface area (Å²) in [7, 11) is 0. The van der Waals surface area contributed by atoms with Crippen molar-refractivity contribution in [3.63, 3.8) is 0 Å². The number of aromatic nitrogens is 1. The number of hydrogen-bond acceptors (Lipinski definition) is 4. The van der Waals surface area contributed by atoms with Gasteiger partial charge in [-0.15, -0.1) is 12.4 Å². The molecule has 0 radical (unpaired) electrons. The minimum Gasteiger partial charge on any atom is -0.367 e. The monoisotopic (exact) mass is 409 g/mol. The van der Waals surface area contributed by atoms with E-state index in [1.165, 1.54) is 16.7 Å². The van der Waals surface area contributed by atoms with Gasteiger partial charge in [0.25, 0.3) is 0 Å². The number of pyridine rings is 1. The lowest BCUT2D eigenvalue weighted by Crippen LogP contribution is -2.47. The number of benzene rings is 2. The molecule has 1 aliphatic rings. The van der Waals surface area contributed by atoms with Crippen LogP contribution in [0.4, 0.5) is 0 Å². The smallest absolute Gasteiger partial charge is 0.108 e. The minimum absolute atomic E-state index is 0. The summed E-state index contributed by atoms with van der Waals surface area (Å²) >= 11 is 0. The van der Waals surface area contributed by atoms with E-state index in [9.17, 15) is 0 Å². The Balaban J connectivity index is 0.00000240. The minimum atomic E-state index is -0.0397. The van der Waals surface area contributed by atoms with E-state index >= 15 is 0 Å². The molecule has 4 nitrogen and oxygen atoms in total. The predicted molar refractivity (Wildman–Crippen MR) is 119 cm³/mol. The highest BCUT2D eigenvalue weighted by molar-refractivity contribution is 5.85. The topological polar surface area (TPSA) is 37.4 Å². The number of nitrogens with one attached hydrogen (secondary N) is 1. The second-order valence-corrected chi connectivity index (χ2v) is 7.11.